The molecule has 37 heavy (non-hydrogen) atoms. The normalized spacial score (nSPS) is 20.6. The number of hydrogen-bond donors (Lipinski definition) is 2. The molecule has 3 aliphatic rings. The molecule has 190 valence electrons. The second-order valence-corrected chi connectivity index (χ2v) is 11.6. The number of likely N-dealkylation sites (tertiary alicyclic amines) is 1. The first-order chi connectivity index (χ1) is 18.0. The smallest absolute Gasteiger partial charge is 0.257 e. The van der Waals surface area contributed by atoms with Crippen molar-refractivity contribution >= 4 is 33.2 Å². The van der Waals surface area contributed by atoms with E-state index in [1.165, 1.54) is 35.7 Å². The first-order valence-corrected chi connectivity index (χ1v) is 14.0. The summed E-state index contributed by atoms with van der Waals surface area (Å²) in [4.78, 5) is 17.0. The van der Waals surface area contributed by atoms with Gasteiger partial charge in [0.2, 0.25) is 0 Å². The molecule has 3 aromatic carbocycles. The van der Waals surface area contributed by atoms with E-state index < -0.39 is 11.0 Å². The lowest BCUT2D eigenvalue weighted by Crippen LogP contribution is -2.44. The Hall–Kier alpha value is -3.42. The maximum Gasteiger partial charge on any atom is 0.257 e. The van der Waals surface area contributed by atoms with Crippen LogP contribution in [0.2, 0.25) is 0 Å². The van der Waals surface area contributed by atoms with E-state index in [0.717, 1.165) is 44.0 Å². The number of amides is 1. The molecule has 3 aliphatic heterocycles. The highest BCUT2D eigenvalue weighted by molar-refractivity contribution is 7.93. The number of likely N-dealkylation sites (N-methyl/N-ethyl adjacent to an activating group) is 1. The van der Waals surface area contributed by atoms with Crippen LogP contribution in [0.4, 0.5) is 11.4 Å². The van der Waals surface area contributed by atoms with Crippen LogP contribution in [-0.2, 0) is 34.3 Å². The Morgan fingerprint density at radius 2 is 1.65 bits per heavy atom. The van der Waals surface area contributed by atoms with Gasteiger partial charge in [-0.3, -0.25) is 14.4 Å². The maximum absolute atomic E-state index is 11.9. The molecule has 1 saturated heterocycles. The number of rotatable bonds is 6. The van der Waals surface area contributed by atoms with Gasteiger partial charge in [-0.15, -0.1) is 0 Å². The molecule has 1 atom stereocenters. The summed E-state index contributed by atoms with van der Waals surface area (Å²) in [5.74, 6) is -0.310. The molecule has 0 saturated carbocycles. The first kappa shape index (κ1) is 23.9. The van der Waals surface area contributed by atoms with Crippen LogP contribution < -0.4 is 14.9 Å². The minimum absolute atomic E-state index is 0.310. The molecule has 1 unspecified atom stereocenters. The van der Waals surface area contributed by atoms with Crippen LogP contribution in [0.15, 0.2) is 78.9 Å². The second kappa shape index (κ2) is 9.80. The van der Waals surface area contributed by atoms with E-state index in [2.05, 4.69) is 75.4 Å². The van der Waals surface area contributed by atoms with Gasteiger partial charge in [0.05, 0.1) is 4.91 Å². The zero-order valence-corrected chi connectivity index (χ0v) is 21.9. The zero-order chi connectivity index (χ0) is 25.4. The van der Waals surface area contributed by atoms with Gasteiger partial charge in [0, 0.05) is 49.5 Å². The van der Waals surface area contributed by atoms with E-state index in [1.54, 1.807) is 5.56 Å². The quantitative estimate of drug-likeness (QED) is 0.512. The van der Waals surface area contributed by atoms with Crippen LogP contribution in [0.1, 0.15) is 35.1 Å². The third-order valence-electron chi connectivity index (χ3n) is 7.99. The predicted molar refractivity (Wildman–Crippen MR) is 150 cm³/mol. The van der Waals surface area contributed by atoms with Crippen LogP contribution in [-0.4, -0.2) is 41.7 Å². The number of piperidine rings is 1. The molecule has 7 heteroatoms. The van der Waals surface area contributed by atoms with Crippen molar-refractivity contribution < 1.29 is 9.00 Å². The highest BCUT2D eigenvalue weighted by atomic mass is 32.2. The van der Waals surface area contributed by atoms with Crippen molar-refractivity contribution in [3.8, 4) is 0 Å². The van der Waals surface area contributed by atoms with Crippen LogP contribution in [0, 0.1) is 0 Å². The average molecular weight is 513 g/mol. The lowest BCUT2D eigenvalue weighted by molar-refractivity contribution is -0.114. The Bertz CT molecular complexity index is 1360. The van der Waals surface area contributed by atoms with Crippen LogP contribution in [0.25, 0.3) is 4.91 Å². The molecule has 0 aliphatic carbocycles. The van der Waals surface area contributed by atoms with Crippen molar-refractivity contribution in [1.82, 2.24) is 9.62 Å². The summed E-state index contributed by atoms with van der Waals surface area (Å²) in [7, 11) is 0.762. The minimum atomic E-state index is -1.46. The molecule has 3 aromatic rings. The zero-order valence-electron chi connectivity index (χ0n) is 21.1. The van der Waals surface area contributed by atoms with Gasteiger partial charge in [0.25, 0.3) is 5.91 Å². The summed E-state index contributed by atoms with van der Waals surface area (Å²) in [5.41, 5.74) is 7.63. The average Bonchev–Trinajstić information content (AvgIpc) is 3.40. The van der Waals surface area contributed by atoms with E-state index >= 15 is 0 Å². The van der Waals surface area contributed by atoms with Crippen LogP contribution in [0.3, 0.4) is 0 Å². The summed E-state index contributed by atoms with van der Waals surface area (Å²) in [6.45, 7) is 5.13. The number of nitrogens with zero attached hydrogens (tertiary/aromatic N) is 2. The van der Waals surface area contributed by atoms with Crippen molar-refractivity contribution in [2.75, 3.05) is 36.9 Å². The van der Waals surface area contributed by atoms with Gasteiger partial charge in [0.15, 0.2) is 11.0 Å². The van der Waals surface area contributed by atoms with Crippen molar-refractivity contribution in [3.05, 3.63) is 101 Å². The molecule has 1 spiro atoms. The monoisotopic (exact) mass is 512 g/mol. The van der Waals surface area contributed by atoms with Gasteiger partial charge in [-0.2, -0.15) is 0 Å². The Morgan fingerprint density at radius 3 is 2.35 bits per heavy atom. The number of carbonyl (C=O) groups excluding carboxylic acids is 1. The second-order valence-electron chi connectivity index (χ2n) is 10.4. The standard InChI is InChI=1S/C30H32N4O2S/c1-33-21-30(26-4-2-3-5-27(26)33)14-16-34(17-15-30)20-23-8-6-22(7-9-23)19-31-25-12-10-24(11-13-25)28-18-29(35)32-37(28)36/h2-13,18,31H,14-17,19-21H2,1H3,(H,32,35). The molecule has 6 rings (SSSR count). The largest absolute Gasteiger partial charge is 0.381 e. The molecule has 0 bridgehead atoms. The highest BCUT2D eigenvalue weighted by Gasteiger charge is 2.43. The Kier molecular flexibility index (Phi) is 6.34. The number of carbonyl (C=O) groups is 1. The van der Waals surface area contributed by atoms with Crippen LogP contribution >= 0.6 is 0 Å². The van der Waals surface area contributed by atoms with E-state index in [4.69, 9.17) is 0 Å². The van der Waals surface area contributed by atoms with Crippen molar-refractivity contribution in [1.29, 1.82) is 0 Å². The Balaban J connectivity index is 1.01. The Morgan fingerprint density at radius 1 is 0.946 bits per heavy atom. The molecule has 2 N–H and O–H groups in total. The fraction of sp³-hybridized carbons (Fsp3) is 0.300. The van der Waals surface area contributed by atoms with Gasteiger partial charge in [-0.05, 0) is 66.4 Å². The summed E-state index contributed by atoms with van der Waals surface area (Å²) < 4.78 is 14.3. The number of hydrogen-bond acceptors (Lipinski definition) is 5. The molecule has 3 heterocycles. The number of nitrogens with one attached hydrogen (secondary N) is 2. The minimum Gasteiger partial charge on any atom is -0.381 e. The lowest BCUT2D eigenvalue weighted by atomic mass is 9.74. The third-order valence-corrected chi connectivity index (χ3v) is 9.13. The van der Waals surface area contributed by atoms with E-state index in [1.807, 2.05) is 24.3 Å². The molecule has 0 radical (unpaired) electrons. The maximum atomic E-state index is 11.9. The number of anilines is 2. The molecule has 1 fully saturated rings. The molecule has 6 nitrogen and oxygen atoms in total. The topological polar surface area (TPSA) is 64.7 Å². The van der Waals surface area contributed by atoms with Crippen molar-refractivity contribution in [3.63, 3.8) is 0 Å². The van der Waals surface area contributed by atoms with E-state index in [9.17, 15) is 9.00 Å². The summed E-state index contributed by atoms with van der Waals surface area (Å²) in [5, 5.41) is 3.45. The number of para-hydroxylation sites is 1. The van der Waals surface area contributed by atoms with Gasteiger partial charge in [-0.25, -0.2) is 4.21 Å². The summed E-state index contributed by atoms with van der Waals surface area (Å²) >= 11 is 0. The van der Waals surface area contributed by atoms with E-state index in [0.29, 0.717) is 10.3 Å². The number of fused-ring (bicyclic) bond motifs is 2. The molecule has 1 amide bonds. The summed E-state index contributed by atoms with van der Waals surface area (Å²) in [6.07, 6.45) is 3.83. The number of benzene rings is 3. The van der Waals surface area contributed by atoms with Gasteiger partial charge in [0.1, 0.15) is 0 Å². The van der Waals surface area contributed by atoms with Crippen molar-refractivity contribution in [2.24, 2.45) is 0 Å². The molecule has 0 aromatic heterocycles. The van der Waals surface area contributed by atoms with Crippen LogP contribution in [0.5, 0.6) is 0 Å². The fourth-order valence-corrected chi connectivity index (χ4v) is 6.88. The van der Waals surface area contributed by atoms with Crippen molar-refractivity contribution in [2.45, 2.75) is 31.3 Å². The first-order valence-electron chi connectivity index (χ1n) is 12.9. The molecular weight excluding hydrogens is 480 g/mol. The van der Waals surface area contributed by atoms with Gasteiger partial charge in [-0.1, -0.05) is 54.6 Å². The summed E-state index contributed by atoms with van der Waals surface area (Å²) in [6, 6.07) is 25.5. The van der Waals surface area contributed by atoms with Gasteiger partial charge >= 0.3 is 0 Å². The van der Waals surface area contributed by atoms with Gasteiger partial charge < -0.3 is 10.2 Å². The Labute approximate surface area is 221 Å². The molecular formula is C30H32N4O2S. The third kappa shape index (κ3) is 4.81. The SMILES string of the molecule is CN1CC2(CCN(Cc3ccc(CNc4ccc(C5=CC(=O)NS5=O)cc4)cc3)CC2)c2ccccc21. The van der Waals surface area contributed by atoms with E-state index in [-0.39, 0.29) is 5.91 Å². The lowest BCUT2D eigenvalue weighted by Gasteiger charge is -2.40. The highest BCUT2D eigenvalue weighted by Crippen LogP contribution is 2.46. The fourth-order valence-electron chi connectivity index (χ4n) is 5.96. The predicted octanol–water partition coefficient (Wildman–Crippen LogP) is 4.42.